The number of halogens is 1. The summed E-state index contributed by atoms with van der Waals surface area (Å²) in [5.41, 5.74) is 5.33. The number of hydrogen-bond donors (Lipinski definition) is 2. The van der Waals surface area contributed by atoms with Gasteiger partial charge in [-0.2, -0.15) is 0 Å². The third-order valence-electron chi connectivity index (χ3n) is 7.51. The van der Waals surface area contributed by atoms with E-state index in [1.165, 1.54) is 25.7 Å². The van der Waals surface area contributed by atoms with Crippen LogP contribution in [0.5, 0.6) is 0 Å². The van der Waals surface area contributed by atoms with Crippen LogP contribution in [-0.4, -0.2) is 79.2 Å². The second kappa shape index (κ2) is 7.67. The van der Waals surface area contributed by atoms with Crippen LogP contribution in [0, 0.1) is 11.3 Å². The van der Waals surface area contributed by atoms with E-state index in [1.54, 1.807) is 0 Å². The number of nitrogens with one attached hydrogen (secondary N) is 1. The highest BCUT2D eigenvalue weighted by Crippen LogP contribution is 2.62. The first-order chi connectivity index (χ1) is 12.4. The van der Waals surface area contributed by atoms with Crippen molar-refractivity contribution in [1.82, 2.24) is 15.1 Å². The van der Waals surface area contributed by atoms with E-state index in [-0.39, 0.29) is 29.9 Å². The van der Waals surface area contributed by atoms with Crippen molar-refractivity contribution in [3.63, 3.8) is 0 Å². The molecule has 0 aromatic rings. The van der Waals surface area contributed by atoms with Gasteiger partial charge >= 0.3 is 0 Å². The lowest BCUT2D eigenvalue weighted by molar-refractivity contribution is -0.171. The van der Waals surface area contributed by atoms with Gasteiger partial charge in [0.2, 0.25) is 5.91 Å². The fourth-order valence-corrected chi connectivity index (χ4v) is 5.53. The van der Waals surface area contributed by atoms with Crippen LogP contribution in [0.15, 0.2) is 4.99 Å². The van der Waals surface area contributed by atoms with Gasteiger partial charge in [-0.1, -0.05) is 6.42 Å². The predicted octanol–water partition coefficient (Wildman–Crippen LogP) is 1.02. The number of amides is 1. The number of ether oxygens (including phenoxy) is 1. The number of nitrogens with zero attached hydrogens (tertiary/aromatic N) is 3. The average molecular weight is 491 g/mol. The van der Waals surface area contributed by atoms with Gasteiger partial charge in [0.05, 0.1) is 11.6 Å². The fourth-order valence-electron chi connectivity index (χ4n) is 5.53. The number of aliphatic imine (C=N–C) groups is 1. The minimum absolute atomic E-state index is 0. The quantitative estimate of drug-likeness (QED) is 0.350. The highest BCUT2D eigenvalue weighted by Gasteiger charge is 2.66. The van der Waals surface area contributed by atoms with Crippen LogP contribution < -0.4 is 11.1 Å². The van der Waals surface area contributed by atoms with Crippen molar-refractivity contribution in [3.05, 3.63) is 0 Å². The van der Waals surface area contributed by atoms with E-state index in [2.05, 4.69) is 20.1 Å². The van der Waals surface area contributed by atoms with Crippen LogP contribution in [-0.2, 0) is 9.53 Å². The number of hydrogen-bond acceptors (Lipinski definition) is 4. The number of primary amides is 1. The number of rotatable bonds is 3. The zero-order valence-corrected chi connectivity index (χ0v) is 19.1. The number of carbonyl (C=O) groups is 1. The molecule has 1 amide bonds. The van der Waals surface area contributed by atoms with E-state index in [1.807, 2.05) is 20.9 Å². The van der Waals surface area contributed by atoms with Gasteiger partial charge in [0.1, 0.15) is 0 Å². The van der Waals surface area contributed by atoms with Crippen LogP contribution in [0.1, 0.15) is 39.5 Å². The summed E-state index contributed by atoms with van der Waals surface area (Å²) < 4.78 is 6.03. The van der Waals surface area contributed by atoms with Crippen LogP contribution in [0.3, 0.4) is 0 Å². The Hall–Kier alpha value is -0.610. The van der Waals surface area contributed by atoms with Crippen molar-refractivity contribution in [1.29, 1.82) is 0 Å². The van der Waals surface area contributed by atoms with Gasteiger partial charge in [0, 0.05) is 57.2 Å². The van der Waals surface area contributed by atoms with Gasteiger partial charge in [-0.05, 0) is 33.1 Å². The molecule has 1 spiro atoms. The lowest BCUT2D eigenvalue weighted by Crippen LogP contribution is -2.73. The molecule has 2 aliphatic heterocycles. The fraction of sp³-hybridized carbons (Fsp3) is 0.895. The van der Waals surface area contributed by atoms with Crippen LogP contribution in [0.4, 0.5) is 0 Å². The van der Waals surface area contributed by atoms with E-state index < -0.39 is 5.54 Å². The van der Waals surface area contributed by atoms with E-state index >= 15 is 0 Å². The first kappa shape index (κ1) is 21.1. The molecule has 8 heteroatoms. The third-order valence-corrected chi connectivity index (χ3v) is 7.51. The zero-order chi connectivity index (χ0) is 18.5. The van der Waals surface area contributed by atoms with Crippen LogP contribution >= 0.6 is 24.0 Å². The Morgan fingerprint density at radius 2 is 1.93 bits per heavy atom. The third kappa shape index (κ3) is 3.25. The minimum Gasteiger partial charge on any atom is -0.377 e. The Labute approximate surface area is 179 Å². The van der Waals surface area contributed by atoms with Crippen molar-refractivity contribution < 1.29 is 9.53 Å². The van der Waals surface area contributed by atoms with Crippen molar-refractivity contribution in [2.45, 2.75) is 57.2 Å². The molecule has 0 bridgehead atoms. The molecule has 3 unspecified atom stereocenters. The first-order valence-electron chi connectivity index (χ1n) is 10.0. The highest BCUT2D eigenvalue weighted by atomic mass is 127. The van der Waals surface area contributed by atoms with E-state index in [9.17, 15) is 4.79 Å². The van der Waals surface area contributed by atoms with Crippen molar-refractivity contribution >= 4 is 35.8 Å². The van der Waals surface area contributed by atoms with Gasteiger partial charge in [0.25, 0.3) is 0 Å². The summed E-state index contributed by atoms with van der Waals surface area (Å²) in [5.74, 6) is 1.38. The highest BCUT2D eigenvalue weighted by molar-refractivity contribution is 14.0. The average Bonchev–Trinajstić information content (AvgIpc) is 2.99. The van der Waals surface area contributed by atoms with Crippen LogP contribution in [0.2, 0.25) is 0 Å². The Morgan fingerprint density at radius 1 is 1.26 bits per heavy atom. The maximum atomic E-state index is 11.7. The van der Waals surface area contributed by atoms with Gasteiger partial charge in [-0.3, -0.25) is 14.7 Å². The molecule has 4 fully saturated rings. The summed E-state index contributed by atoms with van der Waals surface area (Å²) in [6.07, 6.45) is 5.53. The summed E-state index contributed by atoms with van der Waals surface area (Å²) in [4.78, 5) is 20.8. The summed E-state index contributed by atoms with van der Waals surface area (Å²) in [6.45, 7) is 8.10. The van der Waals surface area contributed by atoms with Crippen molar-refractivity contribution in [3.8, 4) is 0 Å². The molecule has 0 radical (unpaired) electrons. The minimum atomic E-state index is -0.596. The molecule has 4 aliphatic rings. The van der Waals surface area contributed by atoms with Crippen molar-refractivity contribution in [2.75, 3.05) is 39.8 Å². The SMILES string of the molecule is CN=C(NC1C2CCOC2C12CCC2)N1CCN(C(C)(C)C(N)=O)CC1.I. The molecule has 7 nitrogen and oxygen atoms in total. The summed E-state index contributed by atoms with van der Waals surface area (Å²) in [7, 11) is 1.87. The molecule has 3 atom stereocenters. The van der Waals surface area contributed by atoms with E-state index in [0.29, 0.717) is 23.5 Å². The lowest BCUT2D eigenvalue weighted by Gasteiger charge is -2.63. The molecule has 0 aromatic heterocycles. The molecule has 154 valence electrons. The number of nitrogens with two attached hydrogens (primary N) is 1. The molecule has 2 saturated heterocycles. The summed E-state index contributed by atoms with van der Waals surface area (Å²) in [5, 5.41) is 3.80. The maximum absolute atomic E-state index is 11.7. The Morgan fingerprint density at radius 3 is 2.44 bits per heavy atom. The monoisotopic (exact) mass is 491 g/mol. The van der Waals surface area contributed by atoms with E-state index in [0.717, 1.165) is 38.7 Å². The first-order valence-corrected chi connectivity index (χ1v) is 10.0. The number of guanidine groups is 1. The largest absolute Gasteiger partial charge is 0.377 e. The van der Waals surface area contributed by atoms with Gasteiger partial charge in [-0.25, -0.2) is 0 Å². The molecular weight excluding hydrogens is 457 g/mol. The molecule has 2 saturated carbocycles. The number of fused-ring (bicyclic) bond motifs is 2. The molecule has 4 rings (SSSR count). The molecule has 27 heavy (non-hydrogen) atoms. The zero-order valence-electron chi connectivity index (χ0n) is 16.7. The lowest BCUT2D eigenvalue weighted by atomic mass is 9.46. The van der Waals surface area contributed by atoms with Gasteiger partial charge < -0.3 is 20.7 Å². The Kier molecular flexibility index (Phi) is 5.99. The number of carbonyl (C=O) groups excluding carboxylic acids is 1. The van der Waals surface area contributed by atoms with Crippen LogP contribution in [0.25, 0.3) is 0 Å². The van der Waals surface area contributed by atoms with Gasteiger partial charge in [0.15, 0.2) is 5.96 Å². The topological polar surface area (TPSA) is 83.2 Å². The van der Waals surface area contributed by atoms with Crippen molar-refractivity contribution in [2.24, 2.45) is 22.1 Å². The molecule has 2 heterocycles. The second-order valence-electron chi connectivity index (χ2n) is 8.90. The molecular formula is C19H34IN5O2. The van der Waals surface area contributed by atoms with Gasteiger partial charge in [-0.15, -0.1) is 24.0 Å². The number of piperazine rings is 1. The second-order valence-corrected chi connectivity index (χ2v) is 8.90. The molecule has 2 aliphatic carbocycles. The Bertz CT molecular complexity index is 599. The standard InChI is InChI=1S/C19H33N5O2.HI/c1-18(2,16(20)25)24-10-8-23(9-11-24)17(21-3)22-14-13-5-12-26-15(13)19(14)6-4-7-19;/h13-15H,4-12H2,1-3H3,(H2,20,25)(H,21,22);1H. The van der Waals surface area contributed by atoms with E-state index in [4.69, 9.17) is 10.5 Å². The summed E-state index contributed by atoms with van der Waals surface area (Å²) in [6, 6.07) is 0.502. The Balaban J connectivity index is 0.00000210. The predicted molar refractivity (Wildman–Crippen MR) is 116 cm³/mol. The maximum Gasteiger partial charge on any atom is 0.237 e. The normalized spacial score (nSPS) is 32.9. The summed E-state index contributed by atoms with van der Waals surface area (Å²) >= 11 is 0. The molecule has 0 aromatic carbocycles. The smallest absolute Gasteiger partial charge is 0.237 e. The molecule has 3 N–H and O–H groups in total.